The molecule has 3 atom stereocenters. The molecule has 0 aromatic carbocycles. The van der Waals surface area contributed by atoms with Crippen LogP contribution in [0, 0.1) is 0 Å². The van der Waals surface area contributed by atoms with Crippen molar-refractivity contribution in [3.05, 3.63) is 0 Å². The van der Waals surface area contributed by atoms with Crippen LogP contribution in [0.1, 0.15) is 124 Å². The second kappa shape index (κ2) is 17.4. The summed E-state index contributed by atoms with van der Waals surface area (Å²) in [4.78, 5) is 37.9. The zero-order valence-corrected chi connectivity index (χ0v) is 20.0. The lowest BCUT2D eigenvalue weighted by Crippen LogP contribution is -2.61. The molecule has 0 rings (SSSR count). The largest absolute Gasteiger partial charge is 0.386 e. The fraction of sp³-hybridized carbons (Fsp3) is 0.880. The number of rotatable bonds is 21. The van der Waals surface area contributed by atoms with Gasteiger partial charge in [-0.05, 0) is 19.3 Å². The third kappa shape index (κ3) is 10.8. The van der Waals surface area contributed by atoms with E-state index in [4.69, 9.17) is 0 Å². The average Bonchev–Trinajstić information content (AvgIpc) is 2.76. The second-order valence-corrected chi connectivity index (χ2v) is 8.75. The number of carbonyl (C=O) groups is 3. The molecule has 0 bridgehead atoms. The summed E-state index contributed by atoms with van der Waals surface area (Å²) < 4.78 is 0. The summed E-state index contributed by atoms with van der Waals surface area (Å²) >= 11 is 0. The minimum atomic E-state index is -2.73. The van der Waals surface area contributed by atoms with Crippen molar-refractivity contribution in [3.63, 3.8) is 0 Å². The predicted molar refractivity (Wildman–Crippen MR) is 123 cm³/mol. The standard InChI is InChI=1S/C25H46O6/c1-4-7-10-12-15-17-20(26)23(29)24(30)25(31,21(27)18-14-9-6-3)22(28)19-16-13-11-8-5-2/h23-24,29-31H,4-19H2,1-3H3. The first-order chi connectivity index (χ1) is 14.8. The number of Topliss-reactive ketones (excluding diaryl/α,β-unsaturated/α-hetero) is 3. The van der Waals surface area contributed by atoms with Crippen molar-refractivity contribution < 1.29 is 29.7 Å². The Hall–Kier alpha value is -1.11. The van der Waals surface area contributed by atoms with Crippen LogP contribution < -0.4 is 0 Å². The van der Waals surface area contributed by atoms with Crippen LogP contribution in [-0.2, 0) is 14.4 Å². The van der Waals surface area contributed by atoms with Gasteiger partial charge in [0.05, 0.1) is 0 Å². The lowest BCUT2D eigenvalue weighted by atomic mass is 9.79. The van der Waals surface area contributed by atoms with E-state index >= 15 is 0 Å². The molecule has 0 heterocycles. The van der Waals surface area contributed by atoms with Gasteiger partial charge >= 0.3 is 0 Å². The number of carbonyl (C=O) groups excluding carboxylic acids is 3. The Morgan fingerprint density at radius 3 is 1.42 bits per heavy atom. The summed E-state index contributed by atoms with van der Waals surface area (Å²) in [6.07, 6.45) is 6.79. The van der Waals surface area contributed by atoms with E-state index in [2.05, 4.69) is 13.8 Å². The molecule has 31 heavy (non-hydrogen) atoms. The molecule has 0 aromatic heterocycles. The van der Waals surface area contributed by atoms with E-state index in [-0.39, 0.29) is 19.3 Å². The lowest BCUT2D eigenvalue weighted by Gasteiger charge is -2.32. The van der Waals surface area contributed by atoms with Gasteiger partial charge in [-0.2, -0.15) is 0 Å². The Labute approximate surface area is 188 Å². The zero-order valence-electron chi connectivity index (χ0n) is 20.0. The third-order valence-electron chi connectivity index (χ3n) is 5.95. The van der Waals surface area contributed by atoms with E-state index in [1.807, 2.05) is 6.92 Å². The van der Waals surface area contributed by atoms with Crippen molar-refractivity contribution in [2.75, 3.05) is 0 Å². The first-order valence-electron chi connectivity index (χ1n) is 12.4. The topological polar surface area (TPSA) is 112 Å². The molecule has 0 saturated carbocycles. The number of hydrogen-bond donors (Lipinski definition) is 3. The highest BCUT2D eigenvalue weighted by molar-refractivity contribution is 6.11. The van der Waals surface area contributed by atoms with Crippen LogP contribution in [0.2, 0.25) is 0 Å². The van der Waals surface area contributed by atoms with Crippen LogP contribution in [-0.4, -0.2) is 50.5 Å². The number of hydrogen-bond acceptors (Lipinski definition) is 6. The minimum absolute atomic E-state index is 0.0489. The van der Waals surface area contributed by atoms with Gasteiger partial charge < -0.3 is 15.3 Å². The molecule has 6 nitrogen and oxygen atoms in total. The van der Waals surface area contributed by atoms with Crippen molar-refractivity contribution in [2.24, 2.45) is 0 Å². The third-order valence-corrected chi connectivity index (χ3v) is 5.95. The molecular formula is C25H46O6. The molecule has 0 spiro atoms. The van der Waals surface area contributed by atoms with Crippen LogP contribution >= 0.6 is 0 Å². The lowest BCUT2D eigenvalue weighted by molar-refractivity contribution is -0.174. The zero-order chi connectivity index (χ0) is 23.7. The van der Waals surface area contributed by atoms with E-state index in [0.717, 1.165) is 64.2 Å². The SMILES string of the molecule is CCCCCCCC(=O)C(O)C(O)C(O)(C(=O)CCCCC)C(=O)CCCCCCC. The van der Waals surface area contributed by atoms with E-state index < -0.39 is 35.2 Å². The Bertz CT molecular complexity index is 518. The average molecular weight is 443 g/mol. The Kier molecular flexibility index (Phi) is 16.8. The molecule has 0 fully saturated rings. The molecule has 0 aliphatic carbocycles. The summed E-state index contributed by atoms with van der Waals surface area (Å²) in [5.41, 5.74) is -2.73. The van der Waals surface area contributed by atoms with Gasteiger partial charge in [0.2, 0.25) is 5.60 Å². The first kappa shape index (κ1) is 29.9. The number of unbranched alkanes of at least 4 members (excludes halogenated alkanes) is 10. The molecule has 182 valence electrons. The van der Waals surface area contributed by atoms with Gasteiger partial charge in [0.1, 0.15) is 12.2 Å². The second-order valence-electron chi connectivity index (χ2n) is 8.75. The molecule has 0 aromatic rings. The fourth-order valence-electron chi connectivity index (χ4n) is 3.75. The maximum atomic E-state index is 12.8. The van der Waals surface area contributed by atoms with Crippen LogP contribution in [0.5, 0.6) is 0 Å². The monoisotopic (exact) mass is 442 g/mol. The molecule has 0 aliphatic heterocycles. The molecule has 0 radical (unpaired) electrons. The van der Waals surface area contributed by atoms with Gasteiger partial charge in [-0.15, -0.1) is 0 Å². The number of aliphatic hydroxyl groups excluding tert-OH is 2. The van der Waals surface area contributed by atoms with E-state index in [9.17, 15) is 29.7 Å². The molecule has 3 N–H and O–H groups in total. The summed E-state index contributed by atoms with van der Waals surface area (Å²) in [7, 11) is 0. The first-order valence-corrected chi connectivity index (χ1v) is 12.4. The van der Waals surface area contributed by atoms with Crippen LogP contribution in [0.3, 0.4) is 0 Å². The normalized spacial score (nSPS) is 15.3. The van der Waals surface area contributed by atoms with Crippen LogP contribution in [0.25, 0.3) is 0 Å². The Morgan fingerprint density at radius 1 is 0.613 bits per heavy atom. The van der Waals surface area contributed by atoms with E-state index in [1.54, 1.807) is 0 Å². The number of ketones is 3. The minimum Gasteiger partial charge on any atom is -0.386 e. The van der Waals surface area contributed by atoms with Crippen molar-refractivity contribution in [1.29, 1.82) is 0 Å². The molecule has 3 unspecified atom stereocenters. The van der Waals surface area contributed by atoms with Gasteiger partial charge in [0.25, 0.3) is 0 Å². The quantitative estimate of drug-likeness (QED) is 0.179. The molecule has 0 saturated heterocycles. The van der Waals surface area contributed by atoms with Gasteiger partial charge in [0, 0.05) is 19.3 Å². The van der Waals surface area contributed by atoms with Crippen LogP contribution in [0.4, 0.5) is 0 Å². The highest BCUT2D eigenvalue weighted by Gasteiger charge is 2.52. The van der Waals surface area contributed by atoms with Crippen molar-refractivity contribution in [1.82, 2.24) is 0 Å². The molecule has 0 aliphatic rings. The summed E-state index contributed by atoms with van der Waals surface area (Å²) in [6, 6.07) is 0. The maximum absolute atomic E-state index is 12.8. The fourth-order valence-corrected chi connectivity index (χ4v) is 3.75. The molecule has 0 amide bonds. The number of aliphatic hydroxyl groups is 3. The maximum Gasteiger partial charge on any atom is 0.210 e. The van der Waals surface area contributed by atoms with Gasteiger partial charge in [-0.1, -0.05) is 85.0 Å². The Balaban J connectivity index is 5.15. The van der Waals surface area contributed by atoms with Crippen molar-refractivity contribution >= 4 is 17.3 Å². The van der Waals surface area contributed by atoms with Crippen molar-refractivity contribution in [2.45, 2.75) is 141 Å². The van der Waals surface area contributed by atoms with Gasteiger partial charge in [-0.3, -0.25) is 14.4 Å². The summed E-state index contributed by atoms with van der Waals surface area (Å²) in [5.74, 6) is -2.24. The van der Waals surface area contributed by atoms with Gasteiger partial charge in [0.15, 0.2) is 17.3 Å². The predicted octanol–water partition coefficient (Wildman–Crippen LogP) is 4.45. The molecule has 6 heteroatoms. The van der Waals surface area contributed by atoms with E-state index in [0.29, 0.717) is 19.3 Å². The smallest absolute Gasteiger partial charge is 0.210 e. The summed E-state index contributed by atoms with van der Waals surface area (Å²) in [6.45, 7) is 6.14. The molecular weight excluding hydrogens is 396 g/mol. The van der Waals surface area contributed by atoms with Gasteiger partial charge in [-0.25, -0.2) is 0 Å². The van der Waals surface area contributed by atoms with E-state index in [1.165, 1.54) is 0 Å². The van der Waals surface area contributed by atoms with Crippen LogP contribution in [0.15, 0.2) is 0 Å². The van der Waals surface area contributed by atoms with Crippen molar-refractivity contribution in [3.8, 4) is 0 Å². The highest BCUT2D eigenvalue weighted by Crippen LogP contribution is 2.25. The highest BCUT2D eigenvalue weighted by atomic mass is 16.4. The summed E-state index contributed by atoms with van der Waals surface area (Å²) in [5, 5.41) is 32.0. The Morgan fingerprint density at radius 2 is 0.968 bits per heavy atom.